The first-order valence-corrected chi connectivity index (χ1v) is 4.95. The van der Waals surface area contributed by atoms with E-state index in [1.807, 2.05) is 23.6 Å². The first-order valence-electron chi connectivity index (χ1n) is 4.08. The number of carbonyl (C=O) groups excluding carboxylic acids is 1. The SMILES string of the molecule is NC(=O)c1ncccc1-c1cccs1. The second-order valence-corrected chi connectivity index (χ2v) is 3.69. The smallest absolute Gasteiger partial charge is 0.267 e. The quantitative estimate of drug-likeness (QED) is 0.812. The van der Waals surface area contributed by atoms with Crippen molar-refractivity contribution in [2.75, 3.05) is 0 Å². The van der Waals surface area contributed by atoms with Crippen molar-refractivity contribution in [1.82, 2.24) is 4.98 Å². The summed E-state index contributed by atoms with van der Waals surface area (Å²) in [6, 6.07) is 7.51. The van der Waals surface area contributed by atoms with E-state index in [2.05, 4.69) is 4.98 Å². The molecule has 70 valence electrons. The number of pyridine rings is 1. The molecule has 1 amide bonds. The minimum Gasteiger partial charge on any atom is -0.364 e. The average molecular weight is 204 g/mol. The lowest BCUT2D eigenvalue weighted by Crippen LogP contribution is -2.14. The van der Waals surface area contributed by atoms with Gasteiger partial charge in [-0.05, 0) is 23.6 Å². The molecular formula is C10H8N2OS. The monoisotopic (exact) mass is 204 g/mol. The van der Waals surface area contributed by atoms with Crippen molar-refractivity contribution < 1.29 is 4.79 Å². The van der Waals surface area contributed by atoms with Crippen LogP contribution in [0.25, 0.3) is 10.4 Å². The lowest BCUT2D eigenvalue weighted by molar-refractivity contribution is 0.0996. The van der Waals surface area contributed by atoms with Crippen molar-refractivity contribution in [3.63, 3.8) is 0 Å². The summed E-state index contributed by atoms with van der Waals surface area (Å²) >= 11 is 1.56. The molecule has 0 aromatic carbocycles. The lowest BCUT2D eigenvalue weighted by atomic mass is 10.1. The van der Waals surface area contributed by atoms with Crippen molar-refractivity contribution >= 4 is 17.2 Å². The van der Waals surface area contributed by atoms with Gasteiger partial charge >= 0.3 is 0 Å². The maximum Gasteiger partial charge on any atom is 0.267 e. The van der Waals surface area contributed by atoms with E-state index in [1.165, 1.54) is 0 Å². The van der Waals surface area contributed by atoms with Gasteiger partial charge in [-0.3, -0.25) is 9.78 Å². The third kappa shape index (κ3) is 1.52. The minimum absolute atomic E-state index is 0.329. The first-order chi connectivity index (χ1) is 6.79. The number of hydrogen-bond acceptors (Lipinski definition) is 3. The van der Waals surface area contributed by atoms with Crippen LogP contribution in [0.1, 0.15) is 10.5 Å². The molecule has 0 spiro atoms. The van der Waals surface area contributed by atoms with E-state index in [0.29, 0.717) is 5.69 Å². The molecule has 0 radical (unpaired) electrons. The maximum atomic E-state index is 11.1. The zero-order valence-corrected chi connectivity index (χ0v) is 8.12. The topological polar surface area (TPSA) is 56.0 Å². The highest BCUT2D eigenvalue weighted by atomic mass is 32.1. The number of amides is 1. The van der Waals surface area contributed by atoms with Gasteiger partial charge in [0.2, 0.25) is 0 Å². The molecule has 14 heavy (non-hydrogen) atoms. The van der Waals surface area contributed by atoms with Crippen molar-refractivity contribution in [3.05, 3.63) is 41.5 Å². The van der Waals surface area contributed by atoms with Crippen LogP contribution in [0.4, 0.5) is 0 Å². The Bertz CT molecular complexity index is 451. The highest BCUT2D eigenvalue weighted by Gasteiger charge is 2.10. The van der Waals surface area contributed by atoms with Gasteiger partial charge in [0, 0.05) is 16.6 Å². The Morgan fingerprint density at radius 1 is 1.36 bits per heavy atom. The first kappa shape index (κ1) is 8.90. The molecule has 2 aromatic rings. The van der Waals surface area contributed by atoms with Crippen LogP contribution >= 0.6 is 11.3 Å². The summed E-state index contributed by atoms with van der Waals surface area (Å²) < 4.78 is 0. The fraction of sp³-hybridized carbons (Fsp3) is 0. The van der Waals surface area contributed by atoms with E-state index in [-0.39, 0.29) is 0 Å². The van der Waals surface area contributed by atoms with Gasteiger partial charge in [-0.1, -0.05) is 6.07 Å². The van der Waals surface area contributed by atoms with Gasteiger partial charge in [0.1, 0.15) is 5.69 Å². The van der Waals surface area contributed by atoms with Crippen LogP contribution in [0.15, 0.2) is 35.8 Å². The molecule has 0 bridgehead atoms. The predicted octanol–water partition coefficient (Wildman–Crippen LogP) is 1.91. The number of primary amides is 1. The normalized spacial score (nSPS) is 10.0. The van der Waals surface area contributed by atoms with E-state index >= 15 is 0 Å². The van der Waals surface area contributed by atoms with E-state index in [0.717, 1.165) is 10.4 Å². The number of nitrogens with zero attached hydrogens (tertiary/aromatic N) is 1. The molecule has 0 unspecified atom stereocenters. The summed E-state index contributed by atoms with van der Waals surface area (Å²) in [7, 11) is 0. The van der Waals surface area contributed by atoms with Gasteiger partial charge < -0.3 is 5.73 Å². The van der Waals surface area contributed by atoms with E-state index in [1.54, 1.807) is 23.6 Å². The van der Waals surface area contributed by atoms with E-state index in [9.17, 15) is 4.79 Å². The number of nitrogens with two attached hydrogens (primary N) is 1. The number of carbonyl (C=O) groups is 1. The van der Waals surface area contributed by atoms with E-state index in [4.69, 9.17) is 5.73 Å². The molecule has 4 heteroatoms. The highest BCUT2D eigenvalue weighted by Crippen LogP contribution is 2.26. The lowest BCUT2D eigenvalue weighted by Gasteiger charge is -2.01. The van der Waals surface area contributed by atoms with Crippen LogP contribution in [-0.2, 0) is 0 Å². The molecule has 0 aliphatic rings. The van der Waals surface area contributed by atoms with Crippen LogP contribution in [0, 0.1) is 0 Å². The second-order valence-electron chi connectivity index (χ2n) is 2.74. The molecule has 0 fully saturated rings. The molecule has 0 saturated heterocycles. The summed E-state index contributed by atoms with van der Waals surface area (Å²) in [6.07, 6.45) is 1.57. The van der Waals surface area contributed by atoms with Gasteiger partial charge in [0.05, 0.1) is 0 Å². The Morgan fingerprint density at radius 2 is 2.21 bits per heavy atom. The summed E-state index contributed by atoms with van der Waals surface area (Å²) in [5.41, 5.74) is 6.35. The molecule has 0 aliphatic heterocycles. The molecular weight excluding hydrogens is 196 g/mol. The molecule has 0 aliphatic carbocycles. The van der Waals surface area contributed by atoms with Crippen LogP contribution in [0.5, 0.6) is 0 Å². The Kier molecular flexibility index (Phi) is 2.28. The van der Waals surface area contributed by atoms with Crippen LogP contribution in [-0.4, -0.2) is 10.9 Å². The largest absolute Gasteiger partial charge is 0.364 e. The van der Waals surface area contributed by atoms with Crippen molar-refractivity contribution in [3.8, 4) is 10.4 Å². The van der Waals surface area contributed by atoms with Gasteiger partial charge in [-0.25, -0.2) is 0 Å². The fourth-order valence-electron chi connectivity index (χ4n) is 1.23. The molecule has 0 atom stereocenters. The van der Waals surface area contributed by atoms with Crippen LogP contribution in [0.2, 0.25) is 0 Å². The van der Waals surface area contributed by atoms with Crippen LogP contribution in [0.3, 0.4) is 0 Å². The minimum atomic E-state index is -0.492. The van der Waals surface area contributed by atoms with Crippen molar-refractivity contribution in [2.24, 2.45) is 5.73 Å². The molecule has 2 aromatic heterocycles. The van der Waals surface area contributed by atoms with Gasteiger partial charge in [-0.15, -0.1) is 11.3 Å². The third-order valence-electron chi connectivity index (χ3n) is 1.83. The van der Waals surface area contributed by atoms with E-state index < -0.39 is 5.91 Å². The fourth-order valence-corrected chi connectivity index (χ4v) is 1.98. The number of hydrogen-bond donors (Lipinski definition) is 1. The Hall–Kier alpha value is -1.68. The van der Waals surface area contributed by atoms with Gasteiger partial charge in [0.15, 0.2) is 0 Å². The molecule has 3 nitrogen and oxygen atoms in total. The number of thiophene rings is 1. The summed E-state index contributed by atoms with van der Waals surface area (Å²) in [5.74, 6) is -0.492. The van der Waals surface area contributed by atoms with Crippen molar-refractivity contribution in [1.29, 1.82) is 0 Å². The zero-order valence-electron chi connectivity index (χ0n) is 7.31. The predicted molar refractivity (Wildman–Crippen MR) is 56.1 cm³/mol. The average Bonchev–Trinajstić information content (AvgIpc) is 2.70. The molecule has 2 heterocycles. The maximum absolute atomic E-state index is 11.1. The second kappa shape index (κ2) is 3.59. The third-order valence-corrected chi connectivity index (χ3v) is 2.73. The Morgan fingerprint density at radius 3 is 2.86 bits per heavy atom. The number of aromatic nitrogens is 1. The standard InChI is InChI=1S/C10H8N2OS/c11-10(13)9-7(3-1-5-12-9)8-4-2-6-14-8/h1-6H,(H2,11,13). The van der Waals surface area contributed by atoms with Crippen molar-refractivity contribution in [2.45, 2.75) is 0 Å². The number of rotatable bonds is 2. The van der Waals surface area contributed by atoms with Crippen LogP contribution < -0.4 is 5.73 Å². The Balaban J connectivity index is 2.58. The molecule has 0 saturated carbocycles. The molecule has 2 N–H and O–H groups in total. The molecule has 2 rings (SSSR count). The summed E-state index contributed by atoms with van der Waals surface area (Å²) in [5, 5.41) is 1.95. The zero-order chi connectivity index (χ0) is 9.97. The Labute approximate surface area is 85.2 Å². The summed E-state index contributed by atoms with van der Waals surface area (Å²) in [6.45, 7) is 0. The highest BCUT2D eigenvalue weighted by molar-refractivity contribution is 7.13. The summed E-state index contributed by atoms with van der Waals surface area (Å²) in [4.78, 5) is 16.1. The van der Waals surface area contributed by atoms with Gasteiger partial charge in [0.25, 0.3) is 5.91 Å². The van der Waals surface area contributed by atoms with Gasteiger partial charge in [-0.2, -0.15) is 0 Å².